The molecule has 4 nitrogen and oxygen atoms in total. The Morgan fingerprint density at radius 3 is 2.65 bits per heavy atom. The Labute approximate surface area is 110 Å². The minimum absolute atomic E-state index is 0.466. The van der Waals surface area contributed by atoms with Crippen molar-refractivity contribution in [1.29, 1.82) is 0 Å². The average molecular weight is 297 g/mol. The molecule has 1 aromatic carbocycles. The fourth-order valence-electron chi connectivity index (χ4n) is 1.56. The van der Waals surface area contributed by atoms with Crippen LogP contribution in [0, 0.1) is 0 Å². The fourth-order valence-corrected chi connectivity index (χ4v) is 1.83. The maximum absolute atomic E-state index is 5.50. The number of guanidine groups is 1. The third-order valence-electron chi connectivity index (χ3n) is 2.68. The molecule has 0 atom stereocenters. The lowest BCUT2D eigenvalue weighted by molar-refractivity contribution is 0.476. The fraction of sp³-hybridized carbons (Fsp3) is 0.417. The van der Waals surface area contributed by atoms with Crippen LogP contribution in [-0.4, -0.2) is 23.9 Å². The van der Waals surface area contributed by atoms with Crippen LogP contribution in [0.4, 0.5) is 0 Å². The molecule has 0 amide bonds. The quantitative estimate of drug-likeness (QED) is 0.387. The van der Waals surface area contributed by atoms with Crippen LogP contribution < -0.4 is 11.3 Å². The van der Waals surface area contributed by atoms with Gasteiger partial charge in [-0.1, -0.05) is 28.1 Å². The predicted molar refractivity (Wildman–Crippen MR) is 73.4 cm³/mol. The van der Waals surface area contributed by atoms with Gasteiger partial charge in [-0.15, -0.1) is 0 Å². The van der Waals surface area contributed by atoms with Crippen molar-refractivity contribution in [3.8, 4) is 0 Å². The summed E-state index contributed by atoms with van der Waals surface area (Å²) < 4.78 is 1.09. The Bertz CT molecular complexity index is 397. The van der Waals surface area contributed by atoms with Crippen molar-refractivity contribution < 1.29 is 0 Å². The van der Waals surface area contributed by atoms with Crippen molar-refractivity contribution in [3.63, 3.8) is 0 Å². The van der Waals surface area contributed by atoms with E-state index in [1.807, 2.05) is 24.1 Å². The first kappa shape index (κ1) is 12.4. The molecule has 3 N–H and O–H groups in total. The zero-order valence-corrected chi connectivity index (χ0v) is 11.4. The smallest absolute Gasteiger partial charge is 0.208 e. The van der Waals surface area contributed by atoms with Crippen LogP contribution in [0.25, 0.3) is 0 Å². The highest BCUT2D eigenvalue weighted by atomic mass is 79.9. The van der Waals surface area contributed by atoms with E-state index in [0.29, 0.717) is 6.04 Å². The molecule has 1 aliphatic rings. The first-order valence-electron chi connectivity index (χ1n) is 5.69. The summed E-state index contributed by atoms with van der Waals surface area (Å²) in [5.41, 5.74) is 3.90. The van der Waals surface area contributed by atoms with E-state index in [2.05, 4.69) is 38.5 Å². The molecule has 1 aliphatic carbocycles. The second-order valence-electron chi connectivity index (χ2n) is 4.31. The van der Waals surface area contributed by atoms with Crippen molar-refractivity contribution in [1.82, 2.24) is 10.3 Å². The molecule has 92 valence electrons. The van der Waals surface area contributed by atoms with Gasteiger partial charge in [-0.2, -0.15) is 0 Å². The van der Waals surface area contributed by atoms with Crippen LogP contribution in [0.1, 0.15) is 18.4 Å². The SMILES string of the molecule is CN(Cc1ccc(Br)cc1)C(=NC1CC1)NN. The van der Waals surface area contributed by atoms with Gasteiger partial charge >= 0.3 is 0 Å². The van der Waals surface area contributed by atoms with Crippen molar-refractivity contribution in [3.05, 3.63) is 34.3 Å². The molecule has 0 spiro atoms. The summed E-state index contributed by atoms with van der Waals surface area (Å²) in [6.07, 6.45) is 2.36. The molecule has 0 saturated heterocycles. The number of rotatable bonds is 3. The number of halogens is 1. The molecule has 5 heteroatoms. The van der Waals surface area contributed by atoms with Crippen molar-refractivity contribution in [2.24, 2.45) is 10.8 Å². The Hall–Kier alpha value is -1.07. The number of hydrogen-bond acceptors (Lipinski definition) is 2. The van der Waals surface area contributed by atoms with E-state index in [1.165, 1.54) is 18.4 Å². The van der Waals surface area contributed by atoms with Crippen LogP contribution >= 0.6 is 15.9 Å². The van der Waals surface area contributed by atoms with Gasteiger partial charge in [0.15, 0.2) is 0 Å². The van der Waals surface area contributed by atoms with E-state index in [4.69, 9.17) is 5.84 Å². The topological polar surface area (TPSA) is 53.6 Å². The van der Waals surface area contributed by atoms with Gasteiger partial charge in [0.1, 0.15) is 0 Å². The molecule has 0 heterocycles. The second-order valence-corrected chi connectivity index (χ2v) is 5.23. The molecule has 2 rings (SSSR count). The van der Waals surface area contributed by atoms with E-state index < -0.39 is 0 Å². The minimum Gasteiger partial charge on any atom is -0.341 e. The van der Waals surface area contributed by atoms with Crippen LogP contribution in [0.2, 0.25) is 0 Å². The molecule has 0 unspecified atom stereocenters. The van der Waals surface area contributed by atoms with Gasteiger partial charge in [-0.05, 0) is 30.5 Å². The third-order valence-corrected chi connectivity index (χ3v) is 3.20. The molecule has 0 radical (unpaired) electrons. The van der Waals surface area contributed by atoms with E-state index in [-0.39, 0.29) is 0 Å². The highest BCUT2D eigenvalue weighted by Crippen LogP contribution is 2.23. The third kappa shape index (κ3) is 3.71. The minimum atomic E-state index is 0.466. The number of hydrazine groups is 1. The van der Waals surface area contributed by atoms with Crippen molar-refractivity contribution in [2.45, 2.75) is 25.4 Å². The van der Waals surface area contributed by atoms with Gasteiger partial charge in [0, 0.05) is 18.1 Å². The number of benzene rings is 1. The number of nitrogens with one attached hydrogen (secondary N) is 1. The highest BCUT2D eigenvalue weighted by molar-refractivity contribution is 9.10. The van der Waals surface area contributed by atoms with Crippen molar-refractivity contribution >= 4 is 21.9 Å². The normalized spacial score (nSPS) is 15.8. The summed E-state index contributed by atoms with van der Waals surface area (Å²) in [4.78, 5) is 6.55. The molecule has 1 fully saturated rings. The molecular formula is C12H17BrN4. The van der Waals surface area contributed by atoms with Crippen LogP contribution in [0.5, 0.6) is 0 Å². The second kappa shape index (κ2) is 5.51. The first-order chi connectivity index (χ1) is 8.19. The zero-order valence-electron chi connectivity index (χ0n) is 9.86. The molecular weight excluding hydrogens is 280 g/mol. The Balaban J connectivity index is 1.99. The Kier molecular flexibility index (Phi) is 4.02. The highest BCUT2D eigenvalue weighted by Gasteiger charge is 2.21. The van der Waals surface area contributed by atoms with Crippen LogP contribution in [-0.2, 0) is 6.54 Å². The van der Waals surface area contributed by atoms with Gasteiger partial charge in [0.05, 0.1) is 6.04 Å². The molecule has 0 bridgehead atoms. The van der Waals surface area contributed by atoms with Gasteiger partial charge in [0.2, 0.25) is 5.96 Å². The van der Waals surface area contributed by atoms with E-state index >= 15 is 0 Å². The predicted octanol–water partition coefficient (Wildman–Crippen LogP) is 1.86. The maximum Gasteiger partial charge on any atom is 0.208 e. The summed E-state index contributed by atoms with van der Waals surface area (Å²) in [5, 5.41) is 0. The standard InChI is InChI=1S/C12H17BrN4/c1-17(12(16-14)15-11-6-7-11)8-9-2-4-10(13)5-3-9/h2-5,11H,6-8,14H2,1H3,(H,15,16). The van der Waals surface area contributed by atoms with Crippen LogP contribution in [0.15, 0.2) is 33.7 Å². The number of nitrogens with zero attached hydrogens (tertiary/aromatic N) is 2. The van der Waals surface area contributed by atoms with Gasteiger partial charge in [-0.25, -0.2) is 10.8 Å². The molecule has 1 saturated carbocycles. The summed E-state index contributed by atoms with van der Waals surface area (Å²) in [7, 11) is 1.99. The van der Waals surface area contributed by atoms with Crippen molar-refractivity contribution in [2.75, 3.05) is 7.05 Å². The zero-order chi connectivity index (χ0) is 12.3. The summed E-state index contributed by atoms with van der Waals surface area (Å²) >= 11 is 3.43. The van der Waals surface area contributed by atoms with E-state index in [9.17, 15) is 0 Å². The molecule has 0 aromatic heterocycles. The summed E-state index contributed by atoms with van der Waals surface area (Å²) in [6.45, 7) is 0.795. The lowest BCUT2D eigenvalue weighted by Gasteiger charge is -2.20. The summed E-state index contributed by atoms with van der Waals surface area (Å²) in [5.74, 6) is 6.26. The molecule has 17 heavy (non-hydrogen) atoms. The first-order valence-corrected chi connectivity index (χ1v) is 6.48. The molecule has 1 aromatic rings. The number of nitrogens with two attached hydrogens (primary N) is 1. The lowest BCUT2D eigenvalue weighted by Crippen LogP contribution is -2.42. The Morgan fingerprint density at radius 2 is 2.12 bits per heavy atom. The lowest BCUT2D eigenvalue weighted by atomic mass is 10.2. The Morgan fingerprint density at radius 1 is 1.47 bits per heavy atom. The summed E-state index contributed by atoms with van der Waals surface area (Å²) in [6, 6.07) is 8.72. The van der Waals surface area contributed by atoms with Gasteiger partial charge in [-0.3, -0.25) is 5.43 Å². The number of hydrogen-bond donors (Lipinski definition) is 2. The van der Waals surface area contributed by atoms with Crippen LogP contribution in [0.3, 0.4) is 0 Å². The molecule has 0 aliphatic heterocycles. The van der Waals surface area contributed by atoms with E-state index in [1.54, 1.807) is 0 Å². The van der Waals surface area contributed by atoms with E-state index in [0.717, 1.165) is 17.0 Å². The average Bonchev–Trinajstić information content (AvgIpc) is 3.13. The largest absolute Gasteiger partial charge is 0.341 e. The van der Waals surface area contributed by atoms with Gasteiger partial charge in [0.25, 0.3) is 0 Å². The number of aliphatic imine (C=N–C) groups is 1. The maximum atomic E-state index is 5.50. The van der Waals surface area contributed by atoms with Gasteiger partial charge < -0.3 is 4.90 Å². The monoisotopic (exact) mass is 296 g/mol.